The van der Waals surface area contributed by atoms with Crippen LogP contribution in [0.3, 0.4) is 0 Å². The number of aliphatic imine (C=N–C) groups is 1. The largest absolute Gasteiger partial charge is 0.507 e. The number of hydrazone groups is 1. The Balaban J connectivity index is 1.85. The van der Waals surface area contributed by atoms with Gasteiger partial charge in [0.15, 0.2) is 12.2 Å². The fourth-order valence-corrected chi connectivity index (χ4v) is 3.03. The summed E-state index contributed by atoms with van der Waals surface area (Å²) >= 11 is 0. The lowest BCUT2D eigenvalue weighted by molar-refractivity contribution is -0.127. The number of hydrogen-bond donors (Lipinski definition) is 3. The highest BCUT2D eigenvalue weighted by atomic mass is 16.5. The lowest BCUT2D eigenvalue weighted by atomic mass is 10.1. The number of urea groups is 1. The molecular formula is C17H22N6O4. The summed E-state index contributed by atoms with van der Waals surface area (Å²) in [6, 6.07) is 5.69. The minimum absolute atomic E-state index is 0.114. The Bertz CT molecular complexity index is 808. The molecule has 1 fully saturated rings. The maximum Gasteiger partial charge on any atom is 0.325 e. The number of phenols is 1. The first-order chi connectivity index (χ1) is 12.9. The smallest absolute Gasteiger partial charge is 0.325 e. The molecule has 3 N–H and O–H groups in total. The van der Waals surface area contributed by atoms with Crippen LogP contribution in [-0.2, 0) is 9.53 Å². The maximum atomic E-state index is 12.3. The highest BCUT2D eigenvalue weighted by Gasteiger charge is 2.48. The van der Waals surface area contributed by atoms with Crippen LogP contribution in [0.2, 0.25) is 0 Å². The molecule has 0 aromatic heterocycles. The van der Waals surface area contributed by atoms with Crippen molar-refractivity contribution < 1.29 is 19.4 Å². The third-order valence-electron chi connectivity index (χ3n) is 4.51. The first-order valence-electron chi connectivity index (χ1n) is 8.43. The molecule has 2 aliphatic rings. The number of phenolic OH excluding ortho intramolecular Hbond substituents is 1. The molecule has 0 radical (unpaired) electrons. The van der Waals surface area contributed by atoms with E-state index in [4.69, 9.17) is 4.74 Å². The van der Waals surface area contributed by atoms with E-state index in [-0.39, 0.29) is 5.75 Å². The van der Waals surface area contributed by atoms with Crippen LogP contribution in [0.15, 0.2) is 34.4 Å². The van der Waals surface area contributed by atoms with Crippen LogP contribution in [0.25, 0.3) is 0 Å². The van der Waals surface area contributed by atoms with Crippen molar-refractivity contribution >= 4 is 23.6 Å². The number of nitrogens with zero attached hydrogens (tertiary/aromatic N) is 4. The fraction of sp³-hybridized carbons (Fsp3) is 0.412. The SMILES string of the molecule is COCCN1C(N/N=C(\C)c2ccccc2O)=NC2C1C(=O)NC(=O)N2C. The van der Waals surface area contributed by atoms with E-state index in [1.54, 1.807) is 50.2 Å². The van der Waals surface area contributed by atoms with Crippen molar-refractivity contribution in [3.63, 3.8) is 0 Å². The van der Waals surface area contributed by atoms with E-state index in [0.29, 0.717) is 30.4 Å². The second kappa shape index (κ2) is 7.62. The molecule has 0 spiro atoms. The number of aromatic hydroxyl groups is 1. The Hall–Kier alpha value is -3.14. The van der Waals surface area contributed by atoms with Crippen molar-refractivity contribution in [2.75, 3.05) is 27.3 Å². The van der Waals surface area contributed by atoms with Crippen LogP contribution in [-0.4, -0.2) is 78.0 Å². The molecule has 10 heteroatoms. The van der Waals surface area contributed by atoms with Gasteiger partial charge in [-0.05, 0) is 19.1 Å². The van der Waals surface area contributed by atoms with Gasteiger partial charge in [-0.25, -0.2) is 15.2 Å². The third-order valence-corrected chi connectivity index (χ3v) is 4.51. The van der Waals surface area contributed by atoms with E-state index in [0.717, 1.165) is 0 Å². The van der Waals surface area contributed by atoms with Crippen molar-refractivity contribution in [1.82, 2.24) is 20.5 Å². The van der Waals surface area contributed by atoms with Gasteiger partial charge < -0.3 is 19.6 Å². The van der Waals surface area contributed by atoms with E-state index < -0.39 is 24.1 Å². The zero-order valence-electron chi connectivity index (χ0n) is 15.3. The number of rotatable bonds is 5. The molecule has 1 aromatic rings. The number of fused-ring (bicyclic) bond motifs is 1. The molecule has 10 nitrogen and oxygen atoms in total. The van der Waals surface area contributed by atoms with E-state index in [2.05, 4.69) is 20.8 Å². The summed E-state index contributed by atoms with van der Waals surface area (Å²) in [6.45, 7) is 2.51. The van der Waals surface area contributed by atoms with Gasteiger partial charge in [0, 0.05) is 26.3 Å². The van der Waals surface area contributed by atoms with Gasteiger partial charge in [0.25, 0.3) is 5.91 Å². The van der Waals surface area contributed by atoms with Gasteiger partial charge in [0.2, 0.25) is 5.96 Å². The van der Waals surface area contributed by atoms with Crippen molar-refractivity contribution in [3.8, 4) is 5.75 Å². The molecule has 27 heavy (non-hydrogen) atoms. The standard InChI is InChI=1S/C17H22N6O4/c1-10(11-6-4-5-7-12(11)24)20-21-16-18-14-13(23(16)8-9-27-3)15(25)19-17(26)22(14)2/h4-7,13-14,24H,8-9H2,1-3H3,(H,18,21)(H,19,25,26)/b20-10+. The normalized spacial score (nSPS) is 22.5. The van der Waals surface area contributed by atoms with Gasteiger partial charge >= 0.3 is 6.03 Å². The number of para-hydroxylation sites is 1. The minimum atomic E-state index is -0.661. The Kier molecular flexibility index (Phi) is 5.26. The molecule has 3 rings (SSSR count). The molecule has 0 aliphatic carbocycles. The average Bonchev–Trinajstić information content (AvgIpc) is 3.02. The highest BCUT2D eigenvalue weighted by molar-refractivity contribution is 6.04. The van der Waals surface area contributed by atoms with Crippen molar-refractivity contribution in [1.29, 1.82) is 0 Å². The molecule has 2 heterocycles. The molecule has 1 saturated heterocycles. The van der Waals surface area contributed by atoms with Gasteiger partial charge in [0.1, 0.15) is 5.75 Å². The summed E-state index contributed by atoms with van der Waals surface area (Å²) in [6.07, 6.45) is -0.647. The van der Waals surface area contributed by atoms with Crippen molar-refractivity contribution in [3.05, 3.63) is 29.8 Å². The summed E-state index contributed by atoms with van der Waals surface area (Å²) in [5.41, 5.74) is 3.98. The van der Waals surface area contributed by atoms with Crippen LogP contribution >= 0.6 is 0 Å². The summed E-state index contributed by atoms with van der Waals surface area (Å²) in [7, 11) is 3.14. The molecule has 2 atom stereocenters. The quantitative estimate of drug-likeness (QED) is 0.489. The molecule has 3 amide bonds. The lowest BCUT2D eigenvalue weighted by Crippen LogP contribution is -2.64. The van der Waals surface area contributed by atoms with Gasteiger partial charge in [0.05, 0.1) is 12.3 Å². The molecule has 1 aromatic carbocycles. The number of amides is 3. The Morgan fingerprint density at radius 3 is 2.85 bits per heavy atom. The Morgan fingerprint density at radius 1 is 1.41 bits per heavy atom. The molecule has 2 unspecified atom stereocenters. The number of carbonyl (C=O) groups excluding carboxylic acids is 2. The summed E-state index contributed by atoms with van der Waals surface area (Å²) < 4.78 is 5.12. The Labute approximate surface area is 156 Å². The van der Waals surface area contributed by atoms with Crippen molar-refractivity contribution in [2.24, 2.45) is 10.1 Å². The van der Waals surface area contributed by atoms with Gasteiger partial charge in [-0.1, -0.05) is 12.1 Å². The predicted molar refractivity (Wildman–Crippen MR) is 98.3 cm³/mol. The summed E-state index contributed by atoms with van der Waals surface area (Å²) in [5.74, 6) is 0.0539. The molecule has 2 aliphatic heterocycles. The van der Waals surface area contributed by atoms with Gasteiger partial charge in [-0.15, -0.1) is 0 Å². The fourth-order valence-electron chi connectivity index (χ4n) is 3.03. The van der Waals surface area contributed by atoms with E-state index >= 15 is 0 Å². The number of imide groups is 1. The van der Waals surface area contributed by atoms with Crippen LogP contribution < -0.4 is 10.7 Å². The lowest BCUT2D eigenvalue weighted by Gasteiger charge is -2.35. The van der Waals surface area contributed by atoms with Crippen molar-refractivity contribution in [2.45, 2.75) is 19.1 Å². The Morgan fingerprint density at radius 2 is 2.15 bits per heavy atom. The first-order valence-corrected chi connectivity index (χ1v) is 8.43. The monoisotopic (exact) mass is 374 g/mol. The molecule has 144 valence electrons. The van der Waals surface area contributed by atoms with E-state index in [1.807, 2.05) is 0 Å². The van der Waals surface area contributed by atoms with Crippen LogP contribution in [0.1, 0.15) is 12.5 Å². The number of ether oxygens (including phenoxy) is 1. The van der Waals surface area contributed by atoms with Crippen LogP contribution in [0, 0.1) is 0 Å². The number of hydrogen-bond acceptors (Lipinski definition) is 8. The van der Waals surface area contributed by atoms with E-state index in [9.17, 15) is 14.7 Å². The van der Waals surface area contributed by atoms with Gasteiger partial charge in [-0.3, -0.25) is 10.1 Å². The molecular weight excluding hydrogens is 352 g/mol. The number of nitrogens with one attached hydrogen (secondary N) is 2. The van der Waals surface area contributed by atoms with Crippen LogP contribution in [0.5, 0.6) is 5.75 Å². The highest BCUT2D eigenvalue weighted by Crippen LogP contribution is 2.23. The zero-order valence-corrected chi connectivity index (χ0v) is 15.3. The number of benzene rings is 1. The predicted octanol–water partition coefficient (Wildman–Crippen LogP) is -0.0999. The second-order valence-corrected chi connectivity index (χ2v) is 6.23. The molecule has 0 saturated carbocycles. The van der Waals surface area contributed by atoms with Gasteiger partial charge in [-0.2, -0.15) is 5.10 Å². The third kappa shape index (κ3) is 3.56. The summed E-state index contributed by atoms with van der Waals surface area (Å²) in [4.78, 5) is 31.8. The number of carbonyl (C=O) groups is 2. The molecule has 0 bridgehead atoms. The average molecular weight is 374 g/mol. The zero-order chi connectivity index (χ0) is 19.6. The number of likely N-dealkylation sites (N-methyl/N-ethyl adjacent to an activating group) is 1. The topological polar surface area (TPSA) is 119 Å². The first kappa shape index (κ1) is 18.6. The maximum absolute atomic E-state index is 12.3. The number of methoxy groups -OCH3 is 1. The van der Waals surface area contributed by atoms with Crippen LogP contribution in [0.4, 0.5) is 4.79 Å². The minimum Gasteiger partial charge on any atom is -0.507 e. The summed E-state index contributed by atoms with van der Waals surface area (Å²) in [5, 5.41) is 16.5. The number of guanidine groups is 1. The van der Waals surface area contributed by atoms with E-state index in [1.165, 1.54) is 4.90 Å². The second-order valence-electron chi connectivity index (χ2n) is 6.23.